The van der Waals surface area contributed by atoms with Gasteiger partial charge in [0, 0.05) is 17.0 Å². The predicted molar refractivity (Wildman–Crippen MR) is 102 cm³/mol. The van der Waals surface area contributed by atoms with Crippen molar-refractivity contribution < 1.29 is 4.92 Å². The van der Waals surface area contributed by atoms with Gasteiger partial charge in [-0.2, -0.15) is 5.10 Å². The fourth-order valence-corrected chi connectivity index (χ4v) is 3.04. The summed E-state index contributed by atoms with van der Waals surface area (Å²) in [6.07, 6.45) is 1.31. The van der Waals surface area contributed by atoms with E-state index in [-0.39, 0.29) is 21.3 Å². The third-order valence-electron chi connectivity index (χ3n) is 3.20. The number of nitrogens with zero attached hydrogens (tertiary/aromatic N) is 3. The van der Waals surface area contributed by atoms with E-state index in [1.54, 1.807) is 0 Å². The first kappa shape index (κ1) is 17.3. The Morgan fingerprint density at radius 1 is 1.20 bits per heavy atom. The Hall–Kier alpha value is -2.48. The monoisotopic (exact) mass is 392 g/mol. The first-order valence-corrected chi connectivity index (χ1v) is 8.61. The highest BCUT2D eigenvalue weighted by Gasteiger charge is 2.15. The van der Waals surface area contributed by atoms with Crippen LogP contribution in [0.2, 0.25) is 10.0 Å². The topological polar surface area (TPSA) is 80.4 Å². The van der Waals surface area contributed by atoms with E-state index in [0.29, 0.717) is 5.13 Å². The summed E-state index contributed by atoms with van der Waals surface area (Å²) in [5, 5.41) is 17.9. The molecule has 0 aliphatic rings. The van der Waals surface area contributed by atoms with E-state index < -0.39 is 4.92 Å². The molecule has 1 N–H and O–H groups in total. The quantitative estimate of drug-likeness (QED) is 0.354. The molecule has 0 saturated carbocycles. The Morgan fingerprint density at radius 3 is 2.64 bits per heavy atom. The van der Waals surface area contributed by atoms with Gasteiger partial charge in [0.25, 0.3) is 5.69 Å². The third kappa shape index (κ3) is 4.14. The van der Waals surface area contributed by atoms with Crippen LogP contribution in [0, 0.1) is 10.1 Å². The van der Waals surface area contributed by atoms with Crippen molar-refractivity contribution in [2.45, 2.75) is 0 Å². The van der Waals surface area contributed by atoms with Gasteiger partial charge in [-0.05, 0) is 6.07 Å². The standard InChI is InChI=1S/C16H10Cl2N4O2S/c17-12-6-11(15(22(23)24)7-13(12)18)8-19-21-16-20-14(9-25-16)10-4-2-1-3-5-10/h1-9H,(H,20,21). The summed E-state index contributed by atoms with van der Waals surface area (Å²) >= 11 is 13.1. The first-order chi connectivity index (χ1) is 12.0. The smallest absolute Gasteiger partial charge is 0.258 e. The molecule has 126 valence electrons. The van der Waals surface area contributed by atoms with Gasteiger partial charge in [0.1, 0.15) is 0 Å². The Labute approximate surface area is 156 Å². The van der Waals surface area contributed by atoms with Crippen molar-refractivity contribution in [3.8, 4) is 11.3 Å². The van der Waals surface area contributed by atoms with Crippen molar-refractivity contribution in [2.75, 3.05) is 5.43 Å². The normalized spacial score (nSPS) is 11.0. The molecule has 0 bridgehead atoms. The van der Waals surface area contributed by atoms with Crippen LogP contribution in [0.1, 0.15) is 5.56 Å². The number of hydrogen-bond donors (Lipinski definition) is 1. The summed E-state index contributed by atoms with van der Waals surface area (Å²) in [5.74, 6) is 0. The number of nitrogens with one attached hydrogen (secondary N) is 1. The van der Waals surface area contributed by atoms with Gasteiger partial charge in [0.2, 0.25) is 5.13 Å². The largest absolute Gasteiger partial charge is 0.279 e. The van der Waals surface area contributed by atoms with E-state index in [9.17, 15) is 10.1 Å². The number of halogens is 2. The number of nitro benzene ring substituents is 1. The molecule has 6 nitrogen and oxygen atoms in total. The van der Waals surface area contributed by atoms with Crippen LogP contribution in [0.3, 0.4) is 0 Å². The zero-order valence-electron chi connectivity index (χ0n) is 12.5. The van der Waals surface area contributed by atoms with E-state index in [1.807, 2.05) is 35.7 Å². The van der Waals surface area contributed by atoms with Crippen LogP contribution in [0.15, 0.2) is 52.9 Å². The SMILES string of the molecule is O=[N+]([O-])c1cc(Cl)c(Cl)cc1C=NNc1nc(-c2ccccc2)cs1. The molecule has 0 aliphatic carbocycles. The molecule has 0 aliphatic heterocycles. The summed E-state index contributed by atoms with van der Waals surface area (Å²) in [4.78, 5) is 15.0. The number of benzene rings is 2. The van der Waals surface area contributed by atoms with Gasteiger partial charge in [-0.15, -0.1) is 11.3 Å². The predicted octanol–water partition coefficient (Wildman–Crippen LogP) is 5.47. The maximum Gasteiger partial charge on any atom is 0.279 e. The second-order valence-electron chi connectivity index (χ2n) is 4.86. The number of hydrogen-bond acceptors (Lipinski definition) is 6. The van der Waals surface area contributed by atoms with Crippen LogP contribution in [-0.2, 0) is 0 Å². The number of anilines is 1. The third-order valence-corrected chi connectivity index (χ3v) is 4.67. The van der Waals surface area contributed by atoms with Crippen LogP contribution in [0.5, 0.6) is 0 Å². The Kier molecular flexibility index (Phi) is 5.28. The molecular formula is C16H10Cl2N4O2S. The molecular weight excluding hydrogens is 383 g/mol. The van der Waals surface area contributed by atoms with Crippen LogP contribution in [0.4, 0.5) is 10.8 Å². The van der Waals surface area contributed by atoms with Gasteiger partial charge in [-0.1, -0.05) is 53.5 Å². The van der Waals surface area contributed by atoms with E-state index >= 15 is 0 Å². The van der Waals surface area contributed by atoms with Gasteiger partial charge in [-0.3, -0.25) is 15.5 Å². The summed E-state index contributed by atoms with van der Waals surface area (Å²) in [5.41, 5.74) is 4.65. The van der Waals surface area contributed by atoms with Crippen molar-refractivity contribution in [3.05, 3.63) is 73.6 Å². The molecule has 1 aromatic heterocycles. The maximum atomic E-state index is 11.1. The molecule has 25 heavy (non-hydrogen) atoms. The molecule has 0 radical (unpaired) electrons. The number of rotatable bonds is 5. The number of nitro groups is 1. The fourth-order valence-electron chi connectivity index (χ4n) is 2.04. The van der Waals surface area contributed by atoms with E-state index in [2.05, 4.69) is 15.5 Å². The van der Waals surface area contributed by atoms with Crippen molar-refractivity contribution in [2.24, 2.45) is 5.10 Å². The molecule has 0 amide bonds. The van der Waals surface area contributed by atoms with E-state index in [1.165, 1.54) is 29.7 Å². The molecule has 0 atom stereocenters. The lowest BCUT2D eigenvalue weighted by Crippen LogP contribution is -1.97. The minimum Gasteiger partial charge on any atom is -0.258 e. The first-order valence-electron chi connectivity index (χ1n) is 6.98. The van der Waals surface area contributed by atoms with E-state index in [4.69, 9.17) is 23.2 Å². The summed E-state index contributed by atoms with van der Waals surface area (Å²) in [6, 6.07) is 12.3. The van der Waals surface area contributed by atoms with Gasteiger partial charge < -0.3 is 0 Å². The lowest BCUT2D eigenvalue weighted by atomic mass is 10.2. The molecule has 9 heteroatoms. The highest BCUT2D eigenvalue weighted by Crippen LogP contribution is 2.29. The molecule has 0 saturated heterocycles. The molecule has 0 spiro atoms. The lowest BCUT2D eigenvalue weighted by molar-refractivity contribution is -0.385. The summed E-state index contributed by atoms with van der Waals surface area (Å²) in [7, 11) is 0. The Morgan fingerprint density at radius 2 is 1.92 bits per heavy atom. The fraction of sp³-hybridized carbons (Fsp3) is 0. The average Bonchev–Trinajstić information content (AvgIpc) is 3.07. The minimum atomic E-state index is -0.541. The van der Waals surface area contributed by atoms with E-state index in [0.717, 1.165) is 11.3 Å². The van der Waals surface area contributed by atoms with Crippen LogP contribution < -0.4 is 5.43 Å². The van der Waals surface area contributed by atoms with Crippen molar-refractivity contribution in [1.29, 1.82) is 0 Å². The molecule has 3 rings (SSSR count). The zero-order valence-corrected chi connectivity index (χ0v) is 14.8. The maximum absolute atomic E-state index is 11.1. The van der Waals surface area contributed by atoms with Crippen LogP contribution >= 0.6 is 34.5 Å². The number of thiazole rings is 1. The van der Waals surface area contributed by atoms with Gasteiger partial charge in [0.15, 0.2) is 0 Å². The highest BCUT2D eigenvalue weighted by atomic mass is 35.5. The summed E-state index contributed by atoms with van der Waals surface area (Å²) < 4.78 is 0. The van der Waals surface area contributed by atoms with Gasteiger partial charge in [-0.25, -0.2) is 4.98 Å². The average molecular weight is 393 g/mol. The highest BCUT2D eigenvalue weighted by molar-refractivity contribution is 7.14. The second-order valence-corrected chi connectivity index (χ2v) is 6.53. The summed E-state index contributed by atoms with van der Waals surface area (Å²) in [6.45, 7) is 0. The van der Waals surface area contributed by atoms with Gasteiger partial charge in [0.05, 0.1) is 32.4 Å². The van der Waals surface area contributed by atoms with Crippen molar-refractivity contribution in [3.63, 3.8) is 0 Å². The Balaban J connectivity index is 1.77. The molecule has 2 aromatic carbocycles. The molecule has 1 heterocycles. The lowest BCUT2D eigenvalue weighted by Gasteiger charge is -2.00. The van der Waals surface area contributed by atoms with Crippen molar-refractivity contribution >= 4 is 51.6 Å². The number of hydrazone groups is 1. The van der Waals surface area contributed by atoms with Crippen LogP contribution in [-0.4, -0.2) is 16.1 Å². The minimum absolute atomic E-state index is 0.117. The molecule has 3 aromatic rings. The van der Waals surface area contributed by atoms with Crippen molar-refractivity contribution in [1.82, 2.24) is 4.98 Å². The zero-order chi connectivity index (χ0) is 17.8. The van der Waals surface area contributed by atoms with Crippen LogP contribution in [0.25, 0.3) is 11.3 Å². The number of aromatic nitrogens is 1. The second kappa shape index (κ2) is 7.60. The van der Waals surface area contributed by atoms with Gasteiger partial charge >= 0.3 is 0 Å². The molecule has 0 unspecified atom stereocenters. The molecule has 0 fully saturated rings. The Bertz CT molecular complexity index is 945.